The maximum Gasteiger partial charge on any atom is 0.252 e. The summed E-state index contributed by atoms with van der Waals surface area (Å²) in [6.07, 6.45) is 2.28. The van der Waals surface area contributed by atoms with Gasteiger partial charge < -0.3 is 11.1 Å². The minimum absolute atomic E-state index is 0. The molecule has 1 aliphatic carbocycles. The van der Waals surface area contributed by atoms with E-state index in [-0.39, 0.29) is 23.9 Å². The zero-order valence-electron chi connectivity index (χ0n) is 11.2. The van der Waals surface area contributed by atoms with Crippen molar-refractivity contribution in [3.63, 3.8) is 0 Å². The number of carbonyl (C=O) groups is 1. The van der Waals surface area contributed by atoms with Crippen LogP contribution in [-0.2, 0) is 0 Å². The molecule has 0 heterocycles. The Kier molecular flexibility index (Phi) is 5.25. The van der Waals surface area contributed by atoms with Crippen LogP contribution in [0.1, 0.15) is 35.7 Å². The fourth-order valence-electron chi connectivity index (χ4n) is 2.22. The lowest BCUT2D eigenvalue weighted by Gasteiger charge is -2.29. The summed E-state index contributed by atoms with van der Waals surface area (Å²) < 4.78 is 0. The van der Waals surface area contributed by atoms with Crippen molar-refractivity contribution in [2.24, 2.45) is 11.7 Å². The van der Waals surface area contributed by atoms with Crippen LogP contribution in [0.3, 0.4) is 0 Å². The highest BCUT2D eigenvalue weighted by Gasteiger charge is 2.41. The van der Waals surface area contributed by atoms with Gasteiger partial charge in [-0.1, -0.05) is 17.7 Å². The molecule has 0 aliphatic heterocycles. The van der Waals surface area contributed by atoms with Crippen LogP contribution in [0, 0.1) is 12.8 Å². The Labute approximate surface area is 125 Å². The molecule has 2 rings (SSSR count). The van der Waals surface area contributed by atoms with Crippen LogP contribution < -0.4 is 11.1 Å². The van der Waals surface area contributed by atoms with Gasteiger partial charge >= 0.3 is 0 Å². The van der Waals surface area contributed by atoms with Crippen molar-refractivity contribution in [3.05, 3.63) is 34.3 Å². The molecule has 0 spiro atoms. The summed E-state index contributed by atoms with van der Waals surface area (Å²) in [5.74, 6) is 0.417. The van der Waals surface area contributed by atoms with E-state index in [1.807, 2.05) is 13.8 Å². The number of carbonyl (C=O) groups excluding carboxylic acids is 1. The zero-order chi connectivity index (χ0) is 13.3. The van der Waals surface area contributed by atoms with Crippen molar-refractivity contribution in [2.75, 3.05) is 6.54 Å². The predicted octanol–water partition coefficient (Wildman–Crippen LogP) is 2.93. The van der Waals surface area contributed by atoms with E-state index in [9.17, 15) is 4.79 Å². The second-order valence-electron chi connectivity index (χ2n) is 5.26. The first-order chi connectivity index (χ1) is 8.48. The van der Waals surface area contributed by atoms with Crippen molar-refractivity contribution in [2.45, 2.75) is 32.2 Å². The van der Waals surface area contributed by atoms with E-state index >= 15 is 0 Å². The van der Waals surface area contributed by atoms with Gasteiger partial charge in [0.1, 0.15) is 0 Å². The molecule has 0 aromatic heterocycles. The second-order valence-corrected chi connectivity index (χ2v) is 5.67. The van der Waals surface area contributed by atoms with Gasteiger partial charge in [-0.2, -0.15) is 0 Å². The molecule has 1 atom stereocenters. The molecule has 0 radical (unpaired) electrons. The lowest BCUT2D eigenvalue weighted by molar-refractivity contribution is 0.0897. The van der Waals surface area contributed by atoms with Crippen molar-refractivity contribution in [3.8, 4) is 0 Å². The van der Waals surface area contributed by atoms with Crippen LogP contribution >= 0.6 is 24.0 Å². The molecule has 106 valence electrons. The first kappa shape index (κ1) is 16.3. The Morgan fingerprint density at radius 1 is 1.53 bits per heavy atom. The monoisotopic (exact) mass is 302 g/mol. The summed E-state index contributed by atoms with van der Waals surface area (Å²) in [4.78, 5) is 12.3. The number of nitrogens with two attached hydrogens (primary N) is 1. The van der Waals surface area contributed by atoms with Crippen LogP contribution in [0.5, 0.6) is 0 Å². The number of hydrogen-bond acceptors (Lipinski definition) is 2. The van der Waals surface area contributed by atoms with Crippen LogP contribution in [0.2, 0.25) is 5.02 Å². The predicted molar refractivity (Wildman–Crippen MR) is 81.1 cm³/mol. The molecule has 1 aliphatic rings. The molecule has 1 amide bonds. The Morgan fingerprint density at radius 3 is 2.68 bits per heavy atom. The zero-order valence-corrected chi connectivity index (χ0v) is 12.8. The smallest absolute Gasteiger partial charge is 0.252 e. The Hall–Kier alpha value is -0.770. The van der Waals surface area contributed by atoms with Gasteiger partial charge in [-0.3, -0.25) is 4.79 Å². The molecule has 0 saturated heterocycles. The third-order valence-electron chi connectivity index (χ3n) is 3.81. The summed E-state index contributed by atoms with van der Waals surface area (Å²) in [5.41, 5.74) is 6.94. The molecule has 19 heavy (non-hydrogen) atoms. The highest BCUT2D eigenvalue weighted by atomic mass is 35.5. The van der Waals surface area contributed by atoms with Gasteiger partial charge in [-0.05, 0) is 50.3 Å². The van der Waals surface area contributed by atoms with Crippen molar-refractivity contribution >= 4 is 29.9 Å². The first-order valence-electron chi connectivity index (χ1n) is 6.25. The quantitative estimate of drug-likeness (QED) is 0.898. The van der Waals surface area contributed by atoms with Crippen LogP contribution in [0.25, 0.3) is 0 Å². The number of amides is 1. The van der Waals surface area contributed by atoms with Crippen molar-refractivity contribution in [1.82, 2.24) is 5.32 Å². The normalized spacial score (nSPS) is 17.3. The first-order valence-corrected chi connectivity index (χ1v) is 6.63. The van der Waals surface area contributed by atoms with E-state index in [2.05, 4.69) is 5.32 Å². The summed E-state index contributed by atoms with van der Waals surface area (Å²) >= 11 is 6.03. The van der Waals surface area contributed by atoms with E-state index in [1.165, 1.54) is 0 Å². The number of benzene rings is 1. The second kappa shape index (κ2) is 6.12. The molecule has 1 unspecified atom stereocenters. The lowest BCUT2D eigenvalue weighted by atomic mass is 9.95. The highest BCUT2D eigenvalue weighted by molar-refractivity contribution is 6.31. The van der Waals surface area contributed by atoms with E-state index in [0.29, 0.717) is 23.0 Å². The summed E-state index contributed by atoms with van der Waals surface area (Å²) in [6.45, 7) is 4.33. The van der Waals surface area contributed by atoms with E-state index in [4.69, 9.17) is 17.3 Å². The molecule has 1 saturated carbocycles. The lowest BCUT2D eigenvalue weighted by Crippen LogP contribution is -2.53. The third kappa shape index (κ3) is 3.41. The molecular weight excluding hydrogens is 283 g/mol. The van der Waals surface area contributed by atoms with Crippen LogP contribution in [0.4, 0.5) is 0 Å². The molecule has 0 bridgehead atoms. The van der Waals surface area contributed by atoms with E-state index < -0.39 is 0 Å². The number of rotatable bonds is 4. The SMILES string of the molecule is Cc1c(Cl)cccc1C(=O)NC(C)(CN)C1CC1.Cl. The Morgan fingerprint density at radius 2 is 2.16 bits per heavy atom. The number of hydrogen-bond donors (Lipinski definition) is 2. The van der Waals surface area contributed by atoms with Gasteiger partial charge in [-0.15, -0.1) is 12.4 Å². The van der Waals surface area contributed by atoms with Crippen molar-refractivity contribution in [1.29, 1.82) is 0 Å². The fourth-order valence-corrected chi connectivity index (χ4v) is 2.39. The van der Waals surface area contributed by atoms with E-state index in [1.54, 1.807) is 18.2 Å². The summed E-state index contributed by atoms with van der Waals surface area (Å²) in [5, 5.41) is 3.68. The van der Waals surface area contributed by atoms with Crippen molar-refractivity contribution < 1.29 is 4.79 Å². The van der Waals surface area contributed by atoms with E-state index in [0.717, 1.165) is 18.4 Å². The molecule has 1 aromatic carbocycles. The molecule has 3 N–H and O–H groups in total. The largest absolute Gasteiger partial charge is 0.345 e. The summed E-state index contributed by atoms with van der Waals surface area (Å²) in [6, 6.07) is 5.37. The third-order valence-corrected chi connectivity index (χ3v) is 4.22. The molecule has 1 fully saturated rings. The van der Waals surface area contributed by atoms with Gasteiger partial charge in [0.2, 0.25) is 0 Å². The minimum atomic E-state index is -0.300. The number of halogens is 2. The standard InChI is InChI=1S/C14H19ClN2O.ClH/c1-9-11(4-3-5-12(9)15)13(18)17-14(2,8-16)10-6-7-10;/h3-5,10H,6-8,16H2,1-2H3,(H,17,18);1H. The summed E-state index contributed by atoms with van der Waals surface area (Å²) in [7, 11) is 0. The molecular formula is C14H20Cl2N2O. The minimum Gasteiger partial charge on any atom is -0.345 e. The van der Waals surface area contributed by atoms with Gasteiger partial charge in [-0.25, -0.2) is 0 Å². The molecule has 5 heteroatoms. The van der Waals surface area contributed by atoms with Gasteiger partial charge in [0.05, 0.1) is 5.54 Å². The van der Waals surface area contributed by atoms with Gasteiger partial charge in [0, 0.05) is 17.1 Å². The maximum atomic E-state index is 12.3. The maximum absolute atomic E-state index is 12.3. The average Bonchev–Trinajstić information content (AvgIpc) is 3.16. The Bertz CT molecular complexity index is 475. The molecule has 3 nitrogen and oxygen atoms in total. The number of nitrogens with one attached hydrogen (secondary N) is 1. The Balaban J connectivity index is 0.00000180. The van der Waals surface area contributed by atoms with Gasteiger partial charge in [0.15, 0.2) is 0 Å². The molecule has 1 aromatic rings. The fraction of sp³-hybridized carbons (Fsp3) is 0.500. The topological polar surface area (TPSA) is 55.1 Å². The van der Waals surface area contributed by atoms with Gasteiger partial charge in [0.25, 0.3) is 5.91 Å². The van der Waals surface area contributed by atoms with Crippen LogP contribution in [0.15, 0.2) is 18.2 Å². The highest BCUT2D eigenvalue weighted by Crippen LogP contribution is 2.39. The average molecular weight is 303 g/mol. The van der Waals surface area contributed by atoms with Crippen LogP contribution in [-0.4, -0.2) is 18.0 Å².